The first kappa shape index (κ1) is 18.3. The van der Waals surface area contributed by atoms with Crippen LogP contribution in [-0.4, -0.2) is 40.7 Å². The molecule has 7 nitrogen and oxygen atoms in total. The maximum atomic E-state index is 12.9. The fourth-order valence-corrected chi connectivity index (χ4v) is 3.80. The zero-order chi connectivity index (χ0) is 19.7. The average Bonchev–Trinajstić information content (AvgIpc) is 3.15. The van der Waals surface area contributed by atoms with Crippen molar-refractivity contribution in [1.29, 1.82) is 0 Å². The largest absolute Gasteiger partial charge is 0.497 e. The van der Waals surface area contributed by atoms with E-state index in [0.29, 0.717) is 6.54 Å². The van der Waals surface area contributed by atoms with Crippen LogP contribution in [-0.2, 0) is 4.79 Å². The maximum Gasteiger partial charge on any atom is 0.231 e. The molecule has 1 saturated heterocycles. The number of ether oxygens (including phenoxy) is 1. The Bertz CT molecular complexity index is 1010. The van der Waals surface area contributed by atoms with Crippen molar-refractivity contribution in [3.63, 3.8) is 0 Å². The number of aryl methyl sites for hydroxylation is 2. The lowest BCUT2D eigenvalue weighted by Gasteiger charge is -2.32. The summed E-state index contributed by atoms with van der Waals surface area (Å²) in [6.07, 6.45) is 1.81. The Hall–Kier alpha value is -3.09. The Kier molecular flexibility index (Phi) is 4.90. The number of fused-ring (bicyclic) bond motifs is 1. The van der Waals surface area contributed by atoms with Crippen molar-refractivity contribution in [2.75, 3.05) is 30.4 Å². The summed E-state index contributed by atoms with van der Waals surface area (Å²) >= 11 is 0. The van der Waals surface area contributed by atoms with Crippen LogP contribution in [0, 0.1) is 19.8 Å². The highest BCUT2D eigenvalue weighted by molar-refractivity contribution is 5.93. The van der Waals surface area contributed by atoms with Gasteiger partial charge < -0.3 is 15.0 Å². The molecule has 0 aliphatic carbocycles. The molecule has 4 rings (SSSR count). The SMILES string of the molecule is COc1ccc(NC(=O)C2CCCN(c3nnc4cccc(C)n34)C2)c(C)c1. The first-order chi connectivity index (χ1) is 13.6. The monoisotopic (exact) mass is 379 g/mol. The molecule has 1 amide bonds. The number of benzene rings is 1. The predicted molar refractivity (Wildman–Crippen MR) is 109 cm³/mol. The van der Waals surface area contributed by atoms with Crippen LogP contribution >= 0.6 is 0 Å². The van der Waals surface area contributed by atoms with Crippen molar-refractivity contribution in [2.45, 2.75) is 26.7 Å². The molecule has 0 spiro atoms. The molecule has 7 heteroatoms. The van der Waals surface area contributed by atoms with E-state index in [9.17, 15) is 4.79 Å². The van der Waals surface area contributed by atoms with Crippen LogP contribution in [0.2, 0.25) is 0 Å². The highest BCUT2D eigenvalue weighted by Gasteiger charge is 2.28. The number of rotatable bonds is 4. The van der Waals surface area contributed by atoms with Gasteiger partial charge in [0.15, 0.2) is 5.65 Å². The van der Waals surface area contributed by atoms with Crippen LogP contribution in [0.5, 0.6) is 5.75 Å². The fraction of sp³-hybridized carbons (Fsp3) is 0.381. The highest BCUT2D eigenvalue weighted by atomic mass is 16.5. The Morgan fingerprint density at radius 1 is 1.21 bits per heavy atom. The minimum atomic E-state index is -0.0911. The van der Waals surface area contributed by atoms with E-state index >= 15 is 0 Å². The standard InChI is InChI=1S/C21H25N5O2/c1-14-12-17(28-3)9-10-18(14)22-20(27)16-7-5-11-25(13-16)21-24-23-19-8-4-6-15(2)26(19)21/h4,6,8-10,12,16H,5,7,11,13H2,1-3H3,(H,22,27). The molecule has 1 unspecified atom stereocenters. The molecule has 1 atom stereocenters. The van der Waals surface area contributed by atoms with Gasteiger partial charge in [-0.2, -0.15) is 0 Å². The van der Waals surface area contributed by atoms with Gasteiger partial charge in [0, 0.05) is 24.5 Å². The number of piperidine rings is 1. The van der Waals surface area contributed by atoms with E-state index in [1.165, 1.54) is 0 Å². The summed E-state index contributed by atoms with van der Waals surface area (Å²) in [5.74, 6) is 1.55. The third-order valence-corrected chi connectivity index (χ3v) is 5.37. The summed E-state index contributed by atoms with van der Waals surface area (Å²) < 4.78 is 7.29. The number of amides is 1. The number of carbonyl (C=O) groups excluding carboxylic acids is 1. The Balaban J connectivity index is 1.51. The number of aromatic nitrogens is 3. The average molecular weight is 379 g/mol. The van der Waals surface area contributed by atoms with Gasteiger partial charge in [0.2, 0.25) is 11.9 Å². The zero-order valence-electron chi connectivity index (χ0n) is 16.5. The van der Waals surface area contributed by atoms with Gasteiger partial charge in [0.05, 0.1) is 13.0 Å². The van der Waals surface area contributed by atoms with Crippen molar-refractivity contribution in [1.82, 2.24) is 14.6 Å². The van der Waals surface area contributed by atoms with E-state index in [-0.39, 0.29) is 11.8 Å². The number of nitrogens with one attached hydrogen (secondary N) is 1. The molecule has 1 aromatic carbocycles. The Morgan fingerprint density at radius 2 is 2.07 bits per heavy atom. The molecule has 28 heavy (non-hydrogen) atoms. The van der Waals surface area contributed by atoms with E-state index in [2.05, 4.69) is 20.4 Å². The second-order valence-corrected chi connectivity index (χ2v) is 7.32. The molecule has 0 bridgehead atoms. The van der Waals surface area contributed by atoms with Crippen LogP contribution in [0.15, 0.2) is 36.4 Å². The number of hydrogen-bond acceptors (Lipinski definition) is 5. The molecule has 1 aliphatic rings. The Labute approximate surface area is 164 Å². The quantitative estimate of drug-likeness (QED) is 0.754. The maximum absolute atomic E-state index is 12.9. The lowest BCUT2D eigenvalue weighted by Crippen LogP contribution is -2.41. The summed E-state index contributed by atoms with van der Waals surface area (Å²) in [6.45, 7) is 5.52. The van der Waals surface area contributed by atoms with Gasteiger partial charge in [0.25, 0.3) is 0 Å². The molecular weight excluding hydrogens is 354 g/mol. The van der Waals surface area contributed by atoms with Crippen molar-refractivity contribution in [2.24, 2.45) is 5.92 Å². The van der Waals surface area contributed by atoms with Crippen molar-refractivity contribution < 1.29 is 9.53 Å². The molecule has 3 heterocycles. The zero-order valence-corrected chi connectivity index (χ0v) is 16.5. The molecule has 146 valence electrons. The lowest BCUT2D eigenvalue weighted by molar-refractivity contribution is -0.120. The van der Waals surface area contributed by atoms with Gasteiger partial charge in [-0.3, -0.25) is 9.20 Å². The number of hydrogen-bond donors (Lipinski definition) is 1. The number of nitrogens with zero attached hydrogens (tertiary/aromatic N) is 4. The van der Waals surface area contributed by atoms with Crippen LogP contribution in [0.1, 0.15) is 24.1 Å². The van der Waals surface area contributed by atoms with Crippen LogP contribution < -0.4 is 15.0 Å². The minimum absolute atomic E-state index is 0.0449. The second-order valence-electron chi connectivity index (χ2n) is 7.32. The van der Waals surface area contributed by atoms with E-state index in [1.807, 2.05) is 54.6 Å². The van der Waals surface area contributed by atoms with Crippen molar-refractivity contribution in [3.8, 4) is 5.75 Å². The molecule has 3 aromatic rings. The van der Waals surface area contributed by atoms with Gasteiger partial charge in [-0.25, -0.2) is 0 Å². The highest BCUT2D eigenvalue weighted by Crippen LogP contribution is 2.26. The first-order valence-corrected chi connectivity index (χ1v) is 9.58. The third-order valence-electron chi connectivity index (χ3n) is 5.37. The first-order valence-electron chi connectivity index (χ1n) is 9.58. The van der Waals surface area contributed by atoms with E-state index in [0.717, 1.165) is 53.7 Å². The van der Waals surface area contributed by atoms with Crippen molar-refractivity contribution in [3.05, 3.63) is 47.7 Å². The second kappa shape index (κ2) is 7.50. The molecule has 0 saturated carbocycles. The summed E-state index contributed by atoms with van der Waals surface area (Å²) in [5, 5.41) is 11.7. The van der Waals surface area contributed by atoms with Gasteiger partial charge in [-0.1, -0.05) is 6.07 Å². The Morgan fingerprint density at radius 3 is 2.86 bits per heavy atom. The van der Waals surface area contributed by atoms with Gasteiger partial charge in [-0.05, 0) is 62.6 Å². The molecule has 1 N–H and O–H groups in total. The molecule has 1 aliphatic heterocycles. The van der Waals surface area contributed by atoms with Gasteiger partial charge in [-0.15, -0.1) is 10.2 Å². The molecular formula is C21H25N5O2. The number of carbonyl (C=O) groups is 1. The fourth-order valence-electron chi connectivity index (χ4n) is 3.80. The predicted octanol–water partition coefficient (Wildman–Crippen LogP) is 3.21. The minimum Gasteiger partial charge on any atom is -0.497 e. The lowest BCUT2D eigenvalue weighted by atomic mass is 9.97. The van der Waals surface area contributed by atoms with Crippen LogP contribution in [0.25, 0.3) is 5.65 Å². The molecule has 1 fully saturated rings. The summed E-state index contributed by atoms with van der Waals surface area (Å²) in [5.41, 5.74) is 3.72. The van der Waals surface area contributed by atoms with E-state index in [1.54, 1.807) is 7.11 Å². The van der Waals surface area contributed by atoms with Gasteiger partial charge >= 0.3 is 0 Å². The topological polar surface area (TPSA) is 71.8 Å². The van der Waals surface area contributed by atoms with E-state index in [4.69, 9.17) is 4.74 Å². The van der Waals surface area contributed by atoms with Crippen LogP contribution in [0.4, 0.5) is 11.6 Å². The normalized spacial score (nSPS) is 17.0. The molecule has 2 aromatic heterocycles. The summed E-state index contributed by atoms with van der Waals surface area (Å²) in [4.78, 5) is 15.1. The number of methoxy groups -OCH3 is 1. The number of anilines is 2. The number of pyridine rings is 1. The van der Waals surface area contributed by atoms with E-state index < -0.39 is 0 Å². The summed E-state index contributed by atoms with van der Waals surface area (Å²) in [7, 11) is 1.64. The third kappa shape index (κ3) is 3.40. The summed E-state index contributed by atoms with van der Waals surface area (Å²) in [6, 6.07) is 11.6. The molecule has 0 radical (unpaired) electrons. The van der Waals surface area contributed by atoms with Gasteiger partial charge in [0.1, 0.15) is 5.75 Å². The van der Waals surface area contributed by atoms with Crippen molar-refractivity contribution >= 4 is 23.2 Å². The van der Waals surface area contributed by atoms with Crippen LogP contribution in [0.3, 0.4) is 0 Å². The smallest absolute Gasteiger partial charge is 0.231 e.